The van der Waals surface area contributed by atoms with Gasteiger partial charge in [-0.2, -0.15) is 0 Å². The Kier molecular flexibility index (Phi) is 3.54. The van der Waals surface area contributed by atoms with Crippen molar-refractivity contribution >= 4 is 0 Å². The van der Waals surface area contributed by atoms with Gasteiger partial charge in [-0.3, -0.25) is 0 Å². The van der Waals surface area contributed by atoms with Crippen LogP contribution in [-0.4, -0.2) is 12.7 Å². The molecule has 0 amide bonds. The fourth-order valence-corrected chi connectivity index (χ4v) is 1.70. The molecule has 0 saturated carbocycles. The summed E-state index contributed by atoms with van der Waals surface area (Å²) in [6.07, 6.45) is 5.87. The maximum absolute atomic E-state index is 5.87. The van der Waals surface area contributed by atoms with Gasteiger partial charge in [0.1, 0.15) is 0 Å². The van der Waals surface area contributed by atoms with E-state index in [2.05, 4.69) is 46.8 Å². The van der Waals surface area contributed by atoms with Gasteiger partial charge in [0.25, 0.3) is 0 Å². The van der Waals surface area contributed by atoms with Crippen molar-refractivity contribution in [3.8, 4) is 0 Å². The minimum Gasteiger partial charge on any atom is -0.373 e. The molecule has 0 heterocycles. The lowest BCUT2D eigenvalue weighted by atomic mass is 9.84. The number of hydrogen-bond acceptors (Lipinski definition) is 1. The van der Waals surface area contributed by atoms with E-state index in [0.29, 0.717) is 6.10 Å². The molecule has 0 spiro atoms. The van der Waals surface area contributed by atoms with Crippen molar-refractivity contribution in [3.63, 3.8) is 0 Å². The molecule has 14 heavy (non-hydrogen) atoms. The second kappa shape index (κ2) is 4.31. The highest BCUT2D eigenvalue weighted by atomic mass is 16.5. The van der Waals surface area contributed by atoms with E-state index in [0.717, 1.165) is 13.0 Å². The average molecular weight is 194 g/mol. The number of rotatable bonds is 3. The van der Waals surface area contributed by atoms with Gasteiger partial charge >= 0.3 is 0 Å². The molecule has 0 radical (unpaired) electrons. The lowest BCUT2D eigenvalue weighted by Crippen LogP contribution is -2.28. The smallest absolute Gasteiger partial charge is 0.0701 e. The van der Waals surface area contributed by atoms with Crippen LogP contribution in [0.4, 0.5) is 0 Å². The molecule has 0 aromatic rings. The molecule has 0 aromatic heterocycles. The Morgan fingerprint density at radius 1 is 1.57 bits per heavy atom. The molecule has 0 N–H and O–H groups in total. The van der Waals surface area contributed by atoms with Crippen LogP contribution in [0, 0.1) is 5.41 Å². The Balaban J connectivity index is 2.46. The van der Waals surface area contributed by atoms with Crippen LogP contribution >= 0.6 is 0 Å². The molecule has 1 unspecified atom stereocenters. The molecule has 1 aliphatic rings. The van der Waals surface area contributed by atoms with Crippen molar-refractivity contribution in [1.29, 1.82) is 0 Å². The number of allylic oxidation sites excluding steroid dienone is 1. The van der Waals surface area contributed by atoms with E-state index >= 15 is 0 Å². The van der Waals surface area contributed by atoms with Crippen LogP contribution in [0.25, 0.3) is 0 Å². The third-order valence-electron chi connectivity index (χ3n) is 3.25. The summed E-state index contributed by atoms with van der Waals surface area (Å²) in [7, 11) is 0. The first-order valence-corrected chi connectivity index (χ1v) is 5.37. The van der Waals surface area contributed by atoms with Gasteiger partial charge < -0.3 is 4.74 Å². The summed E-state index contributed by atoms with van der Waals surface area (Å²) in [4.78, 5) is 0. The topological polar surface area (TPSA) is 9.23 Å². The molecule has 1 heteroatoms. The largest absolute Gasteiger partial charge is 0.373 e. The van der Waals surface area contributed by atoms with E-state index in [4.69, 9.17) is 4.74 Å². The minimum absolute atomic E-state index is 0.218. The average Bonchev–Trinajstić information content (AvgIpc) is 2.30. The minimum atomic E-state index is 0.218. The Morgan fingerprint density at radius 2 is 2.21 bits per heavy atom. The molecule has 1 aliphatic carbocycles. The normalized spacial score (nSPS) is 24.6. The molecule has 0 saturated heterocycles. The molecule has 0 bridgehead atoms. The summed E-state index contributed by atoms with van der Waals surface area (Å²) in [6.45, 7) is 11.7. The number of ether oxygens (including phenoxy) is 1. The predicted octanol–water partition coefficient (Wildman–Crippen LogP) is 3.71. The molecule has 1 nitrogen and oxygen atoms in total. The maximum Gasteiger partial charge on any atom is 0.0701 e. The van der Waals surface area contributed by atoms with Gasteiger partial charge in [-0.25, -0.2) is 0 Å². The standard InChI is InChI=1S/C13H22O/c1-10(2)8-9-14-12-7-6-11(3)13(12,4)5/h6,8,12H,7,9H2,1-5H3. The van der Waals surface area contributed by atoms with E-state index in [-0.39, 0.29) is 5.41 Å². The summed E-state index contributed by atoms with van der Waals surface area (Å²) >= 11 is 0. The van der Waals surface area contributed by atoms with Crippen LogP contribution in [0.5, 0.6) is 0 Å². The third kappa shape index (κ3) is 2.48. The molecular weight excluding hydrogens is 172 g/mol. The zero-order valence-electron chi connectivity index (χ0n) is 10.1. The van der Waals surface area contributed by atoms with E-state index in [9.17, 15) is 0 Å². The SMILES string of the molecule is CC(C)=CCOC1CC=C(C)C1(C)C. The van der Waals surface area contributed by atoms with Gasteiger partial charge in [0, 0.05) is 5.41 Å². The van der Waals surface area contributed by atoms with E-state index < -0.39 is 0 Å². The lowest BCUT2D eigenvalue weighted by Gasteiger charge is -2.29. The maximum atomic E-state index is 5.87. The monoisotopic (exact) mass is 194 g/mol. The van der Waals surface area contributed by atoms with Gasteiger partial charge in [-0.1, -0.05) is 37.1 Å². The van der Waals surface area contributed by atoms with Gasteiger partial charge in [-0.05, 0) is 27.2 Å². The molecule has 0 aromatic carbocycles. The van der Waals surface area contributed by atoms with Crippen molar-refractivity contribution in [2.45, 2.75) is 47.1 Å². The Bertz CT molecular complexity index is 254. The first-order chi connectivity index (χ1) is 6.44. The van der Waals surface area contributed by atoms with E-state index in [1.165, 1.54) is 11.1 Å². The van der Waals surface area contributed by atoms with Crippen LogP contribution in [0.15, 0.2) is 23.3 Å². The van der Waals surface area contributed by atoms with Crippen LogP contribution in [0.1, 0.15) is 41.0 Å². The van der Waals surface area contributed by atoms with Crippen molar-refractivity contribution in [1.82, 2.24) is 0 Å². The van der Waals surface area contributed by atoms with Crippen molar-refractivity contribution in [3.05, 3.63) is 23.3 Å². The van der Waals surface area contributed by atoms with Crippen molar-refractivity contribution in [2.75, 3.05) is 6.61 Å². The van der Waals surface area contributed by atoms with Crippen LogP contribution < -0.4 is 0 Å². The van der Waals surface area contributed by atoms with Gasteiger partial charge in [0.15, 0.2) is 0 Å². The Morgan fingerprint density at radius 3 is 2.64 bits per heavy atom. The highest BCUT2D eigenvalue weighted by Gasteiger charge is 2.35. The quantitative estimate of drug-likeness (QED) is 0.622. The van der Waals surface area contributed by atoms with E-state index in [1.807, 2.05) is 0 Å². The van der Waals surface area contributed by atoms with Crippen molar-refractivity contribution in [2.24, 2.45) is 5.41 Å². The molecule has 1 atom stereocenters. The summed E-state index contributed by atoms with van der Waals surface area (Å²) in [6, 6.07) is 0. The summed E-state index contributed by atoms with van der Waals surface area (Å²) < 4.78 is 5.87. The molecule has 1 rings (SSSR count). The first-order valence-electron chi connectivity index (χ1n) is 5.37. The van der Waals surface area contributed by atoms with E-state index in [1.54, 1.807) is 0 Å². The summed E-state index contributed by atoms with van der Waals surface area (Å²) in [5.74, 6) is 0. The molecule has 80 valence electrons. The zero-order valence-corrected chi connectivity index (χ0v) is 10.1. The third-order valence-corrected chi connectivity index (χ3v) is 3.25. The Labute approximate surface area is 87.8 Å². The molecular formula is C13H22O. The highest BCUT2D eigenvalue weighted by molar-refractivity contribution is 5.19. The first kappa shape index (κ1) is 11.5. The van der Waals surface area contributed by atoms with Crippen LogP contribution in [-0.2, 0) is 4.74 Å². The second-order valence-corrected chi connectivity index (χ2v) is 4.95. The van der Waals surface area contributed by atoms with Gasteiger partial charge in [0.05, 0.1) is 12.7 Å². The molecule has 0 fully saturated rings. The highest BCUT2D eigenvalue weighted by Crippen LogP contribution is 2.39. The van der Waals surface area contributed by atoms with Gasteiger partial charge in [0.2, 0.25) is 0 Å². The lowest BCUT2D eigenvalue weighted by molar-refractivity contribution is 0.0171. The summed E-state index contributed by atoms with van der Waals surface area (Å²) in [5.41, 5.74) is 3.00. The predicted molar refractivity (Wildman–Crippen MR) is 61.3 cm³/mol. The Hall–Kier alpha value is -0.560. The fourth-order valence-electron chi connectivity index (χ4n) is 1.70. The molecule has 0 aliphatic heterocycles. The number of hydrogen-bond donors (Lipinski definition) is 0. The second-order valence-electron chi connectivity index (χ2n) is 4.95. The van der Waals surface area contributed by atoms with Crippen molar-refractivity contribution < 1.29 is 4.74 Å². The summed E-state index contributed by atoms with van der Waals surface area (Å²) in [5, 5.41) is 0. The van der Waals surface area contributed by atoms with Crippen LogP contribution in [0.3, 0.4) is 0 Å². The zero-order chi connectivity index (χ0) is 10.8. The van der Waals surface area contributed by atoms with Gasteiger partial charge in [-0.15, -0.1) is 0 Å². The van der Waals surface area contributed by atoms with Crippen LogP contribution in [0.2, 0.25) is 0 Å². The fraction of sp³-hybridized carbons (Fsp3) is 0.692.